The molecular weight excluding hydrogens is 304 g/mol. The number of halogens is 2. The molecule has 0 aromatic heterocycles. The Hall–Kier alpha value is -2.02. The van der Waals surface area contributed by atoms with Gasteiger partial charge in [0.1, 0.15) is 11.6 Å². The molecule has 2 amide bonds. The number of hydrogen-bond acceptors (Lipinski definition) is 3. The number of nitrogens with one attached hydrogen (secondary N) is 1. The number of carbonyl (C=O) groups is 2. The maximum atomic E-state index is 13.6. The van der Waals surface area contributed by atoms with Gasteiger partial charge >= 0.3 is 0 Å². The Kier molecular flexibility index (Phi) is 7.09. The third-order valence-corrected chi connectivity index (χ3v) is 3.42. The van der Waals surface area contributed by atoms with Gasteiger partial charge in [0.25, 0.3) is 0 Å². The van der Waals surface area contributed by atoms with E-state index in [0.29, 0.717) is 0 Å². The number of hydrogen-bond donors (Lipinski definition) is 2. The van der Waals surface area contributed by atoms with Gasteiger partial charge in [-0.25, -0.2) is 8.78 Å². The minimum absolute atomic E-state index is 0.00923. The number of nitrogens with two attached hydrogens (primary N) is 1. The van der Waals surface area contributed by atoms with Gasteiger partial charge in [0, 0.05) is 17.6 Å². The van der Waals surface area contributed by atoms with Gasteiger partial charge in [0.2, 0.25) is 11.8 Å². The molecule has 0 fully saturated rings. The summed E-state index contributed by atoms with van der Waals surface area (Å²) in [6.45, 7) is 5.31. The van der Waals surface area contributed by atoms with Crippen LogP contribution < -0.4 is 11.1 Å². The van der Waals surface area contributed by atoms with Crippen molar-refractivity contribution in [3.63, 3.8) is 0 Å². The van der Waals surface area contributed by atoms with E-state index in [0.717, 1.165) is 0 Å². The average molecular weight is 327 g/mol. The average Bonchev–Trinajstić information content (AvgIpc) is 2.41. The van der Waals surface area contributed by atoms with Gasteiger partial charge in [-0.15, -0.1) is 0 Å². The number of rotatable bonds is 8. The third kappa shape index (κ3) is 6.32. The van der Waals surface area contributed by atoms with E-state index in [1.54, 1.807) is 11.8 Å². The second-order valence-corrected chi connectivity index (χ2v) is 5.84. The van der Waals surface area contributed by atoms with Gasteiger partial charge in [-0.3, -0.25) is 14.5 Å². The van der Waals surface area contributed by atoms with E-state index in [9.17, 15) is 18.4 Å². The van der Waals surface area contributed by atoms with Crippen LogP contribution in [-0.2, 0) is 16.0 Å². The predicted octanol–water partition coefficient (Wildman–Crippen LogP) is 1.21. The van der Waals surface area contributed by atoms with Crippen molar-refractivity contribution in [2.24, 2.45) is 5.73 Å². The number of nitrogens with zero attached hydrogens (tertiary/aromatic N) is 1. The molecule has 0 bridgehead atoms. The molecule has 1 aromatic carbocycles. The van der Waals surface area contributed by atoms with Gasteiger partial charge in [0.15, 0.2) is 0 Å². The summed E-state index contributed by atoms with van der Waals surface area (Å²) in [6, 6.07) is 3.17. The molecule has 1 atom stereocenters. The number of benzene rings is 1. The number of amides is 2. The Bertz CT molecular complexity index is 544. The second-order valence-electron chi connectivity index (χ2n) is 5.84. The highest BCUT2D eigenvalue weighted by Crippen LogP contribution is 2.14. The Labute approximate surface area is 134 Å². The van der Waals surface area contributed by atoms with Gasteiger partial charge in [-0.05, 0) is 39.3 Å². The molecule has 3 N–H and O–H groups in total. The summed E-state index contributed by atoms with van der Waals surface area (Å²) >= 11 is 0. The summed E-state index contributed by atoms with van der Waals surface area (Å²) in [5, 5.41) is 2.68. The minimum atomic E-state index is -0.636. The summed E-state index contributed by atoms with van der Waals surface area (Å²) in [6.07, 6.45) is 0.0434. The molecular formula is C16H23F2N3O2. The van der Waals surface area contributed by atoms with Crippen molar-refractivity contribution in [3.8, 4) is 0 Å². The Balaban J connectivity index is 2.61. The van der Waals surface area contributed by atoms with Crippen LogP contribution in [0.1, 0.15) is 26.3 Å². The van der Waals surface area contributed by atoms with E-state index in [1.807, 2.05) is 13.8 Å². The molecule has 5 nitrogen and oxygen atoms in total. The fourth-order valence-electron chi connectivity index (χ4n) is 2.21. The van der Waals surface area contributed by atoms with E-state index in [2.05, 4.69) is 5.32 Å². The van der Waals surface area contributed by atoms with E-state index < -0.39 is 23.6 Å². The largest absolute Gasteiger partial charge is 0.369 e. The normalized spacial score (nSPS) is 12.5. The first-order valence-corrected chi connectivity index (χ1v) is 7.45. The Morgan fingerprint density at radius 2 is 1.74 bits per heavy atom. The van der Waals surface area contributed by atoms with Crippen molar-refractivity contribution in [1.82, 2.24) is 10.2 Å². The lowest BCUT2D eigenvalue weighted by molar-refractivity contribution is -0.125. The monoisotopic (exact) mass is 327 g/mol. The van der Waals surface area contributed by atoms with Crippen LogP contribution >= 0.6 is 0 Å². The highest BCUT2D eigenvalue weighted by atomic mass is 19.1. The molecule has 0 unspecified atom stereocenters. The molecule has 0 aliphatic heterocycles. The van der Waals surface area contributed by atoms with E-state index in [4.69, 9.17) is 5.73 Å². The fourth-order valence-corrected chi connectivity index (χ4v) is 2.21. The zero-order valence-corrected chi connectivity index (χ0v) is 13.6. The van der Waals surface area contributed by atoms with Gasteiger partial charge in [-0.1, -0.05) is 6.07 Å². The summed E-state index contributed by atoms with van der Waals surface area (Å²) in [7, 11) is 0. The minimum Gasteiger partial charge on any atom is -0.369 e. The van der Waals surface area contributed by atoms with Crippen molar-refractivity contribution in [3.05, 3.63) is 35.4 Å². The molecule has 7 heteroatoms. The maximum absolute atomic E-state index is 13.6. The van der Waals surface area contributed by atoms with Crippen molar-refractivity contribution < 1.29 is 18.4 Å². The third-order valence-electron chi connectivity index (χ3n) is 3.42. The highest BCUT2D eigenvalue weighted by molar-refractivity contribution is 5.80. The molecule has 0 saturated heterocycles. The zero-order valence-electron chi connectivity index (χ0n) is 13.6. The lowest BCUT2D eigenvalue weighted by Gasteiger charge is -2.25. The van der Waals surface area contributed by atoms with Gasteiger partial charge < -0.3 is 11.1 Å². The summed E-state index contributed by atoms with van der Waals surface area (Å²) < 4.78 is 27.2. The Morgan fingerprint density at radius 1 is 1.17 bits per heavy atom. The number of primary amides is 1. The van der Waals surface area contributed by atoms with Crippen LogP contribution in [0.3, 0.4) is 0 Å². The smallest absolute Gasteiger partial charge is 0.234 e. The highest BCUT2D eigenvalue weighted by Gasteiger charge is 2.18. The molecule has 1 aromatic rings. The molecule has 1 rings (SSSR count). The van der Waals surface area contributed by atoms with Gasteiger partial charge in [-0.2, -0.15) is 0 Å². The molecule has 0 saturated carbocycles. The van der Waals surface area contributed by atoms with Crippen molar-refractivity contribution in [1.29, 1.82) is 0 Å². The van der Waals surface area contributed by atoms with Crippen LogP contribution in [0, 0.1) is 11.6 Å². The molecule has 0 radical (unpaired) electrons. The summed E-state index contributed by atoms with van der Waals surface area (Å²) in [5.74, 6) is -2.12. The number of carbonyl (C=O) groups excluding carboxylic acids is 2. The van der Waals surface area contributed by atoms with Crippen LogP contribution in [0.15, 0.2) is 18.2 Å². The zero-order chi connectivity index (χ0) is 17.6. The fraction of sp³-hybridized carbons (Fsp3) is 0.500. The van der Waals surface area contributed by atoms with Crippen LogP contribution in [0.4, 0.5) is 8.78 Å². The van der Waals surface area contributed by atoms with Crippen molar-refractivity contribution >= 4 is 11.8 Å². The molecule has 23 heavy (non-hydrogen) atoms. The molecule has 0 aliphatic rings. The Morgan fingerprint density at radius 3 is 2.22 bits per heavy atom. The van der Waals surface area contributed by atoms with E-state index >= 15 is 0 Å². The van der Waals surface area contributed by atoms with Gasteiger partial charge in [0.05, 0.1) is 13.1 Å². The first-order chi connectivity index (χ1) is 10.7. The van der Waals surface area contributed by atoms with Crippen LogP contribution in [-0.4, -0.2) is 41.9 Å². The second kappa shape index (κ2) is 8.57. The van der Waals surface area contributed by atoms with Crippen LogP contribution in [0.25, 0.3) is 0 Å². The molecule has 128 valence electrons. The van der Waals surface area contributed by atoms with Crippen LogP contribution in [0.5, 0.6) is 0 Å². The van der Waals surface area contributed by atoms with Crippen LogP contribution in [0.2, 0.25) is 0 Å². The molecule has 0 spiro atoms. The molecule has 0 heterocycles. The van der Waals surface area contributed by atoms with Crippen molar-refractivity contribution in [2.45, 2.75) is 39.3 Å². The summed E-state index contributed by atoms with van der Waals surface area (Å²) in [4.78, 5) is 24.6. The lowest BCUT2D eigenvalue weighted by Crippen LogP contribution is -2.46. The van der Waals surface area contributed by atoms with E-state index in [1.165, 1.54) is 18.2 Å². The SMILES string of the molecule is CC(C)N(CC(N)=O)CC(=O)N[C@@H](C)Cc1c(F)cccc1F. The maximum Gasteiger partial charge on any atom is 0.234 e. The molecule has 0 aliphatic carbocycles. The lowest BCUT2D eigenvalue weighted by atomic mass is 10.1. The quantitative estimate of drug-likeness (QED) is 0.753. The van der Waals surface area contributed by atoms with Crippen molar-refractivity contribution in [2.75, 3.05) is 13.1 Å². The van der Waals surface area contributed by atoms with E-state index in [-0.39, 0.29) is 37.0 Å². The topological polar surface area (TPSA) is 75.4 Å². The first-order valence-electron chi connectivity index (χ1n) is 7.45. The standard InChI is InChI=1S/C16H23F2N3O2/c1-10(2)21(8-15(19)22)9-16(23)20-11(3)7-12-13(17)5-4-6-14(12)18/h4-6,10-11H,7-9H2,1-3H3,(H2,19,22)(H,20,23)/t11-/m0/s1. The first kappa shape index (κ1) is 19.0. The summed E-state index contributed by atoms with van der Waals surface area (Å²) in [5.41, 5.74) is 5.09. The predicted molar refractivity (Wildman–Crippen MR) is 83.6 cm³/mol.